The quantitative estimate of drug-likeness (QED) is 0.848. The van der Waals surface area contributed by atoms with E-state index in [4.69, 9.17) is 23.7 Å². The van der Waals surface area contributed by atoms with Gasteiger partial charge in [0.2, 0.25) is 0 Å². The predicted molar refractivity (Wildman–Crippen MR) is 92.6 cm³/mol. The Kier molecular flexibility index (Phi) is 5.18. The molecule has 1 N–H and O–H groups in total. The van der Waals surface area contributed by atoms with E-state index in [2.05, 4.69) is 0 Å². The second kappa shape index (κ2) is 7.53. The molecule has 0 radical (unpaired) electrons. The predicted octanol–water partition coefficient (Wildman–Crippen LogP) is 2.93. The molecule has 3 rings (SSSR count). The zero-order chi connectivity index (χ0) is 18.7. The number of rotatable bonds is 6. The Morgan fingerprint density at radius 1 is 1.00 bits per heavy atom. The highest BCUT2D eigenvalue weighted by molar-refractivity contribution is 5.88. The van der Waals surface area contributed by atoms with Gasteiger partial charge in [-0.15, -0.1) is 0 Å². The number of aromatic carboxylic acids is 1. The highest BCUT2D eigenvalue weighted by Gasteiger charge is 2.34. The Balaban J connectivity index is 1.99. The first-order valence-corrected chi connectivity index (χ1v) is 7.99. The Bertz CT molecular complexity index is 802. The Morgan fingerprint density at radius 2 is 1.77 bits per heavy atom. The van der Waals surface area contributed by atoms with Crippen LogP contribution in [0.3, 0.4) is 0 Å². The summed E-state index contributed by atoms with van der Waals surface area (Å²) in [6.07, 6.45) is -0.896. The van der Waals surface area contributed by atoms with Gasteiger partial charge < -0.3 is 28.8 Å². The van der Waals surface area contributed by atoms with Crippen LogP contribution in [0.2, 0.25) is 0 Å². The topological polar surface area (TPSA) is 83.5 Å². The maximum Gasteiger partial charge on any atom is 0.335 e. The number of hydrogen-bond acceptors (Lipinski definition) is 6. The molecule has 26 heavy (non-hydrogen) atoms. The Labute approximate surface area is 151 Å². The molecule has 0 unspecified atom stereocenters. The molecule has 0 spiro atoms. The van der Waals surface area contributed by atoms with Gasteiger partial charge in [0.25, 0.3) is 0 Å². The van der Waals surface area contributed by atoms with Gasteiger partial charge in [-0.25, -0.2) is 4.79 Å². The first-order chi connectivity index (χ1) is 12.6. The second-order valence-corrected chi connectivity index (χ2v) is 5.73. The van der Waals surface area contributed by atoms with Crippen LogP contribution in [0, 0.1) is 0 Å². The molecule has 2 aromatic carbocycles. The van der Waals surface area contributed by atoms with E-state index in [1.165, 1.54) is 12.1 Å². The van der Waals surface area contributed by atoms with E-state index in [1.54, 1.807) is 33.5 Å². The molecule has 0 fully saturated rings. The maximum atomic E-state index is 11.2. The molecule has 2 aromatic rings. The van der Waals surface area contributed by atoms with Gasteiger partial charge in [0.15, 0.2) is 35.2 Å². The monoisotopic (exact) mass is 360 g/mol. The molecule has 0 amide bonds. The van der Waals surface area contributed by atoms with Crippen molar-refractivity contribution < 1.29 is 33.6 Å². The summed E-state index contributed by atoms with van der Waals surface area (Å²) < 4.78 is 27.9. The fourth-order valence-electron chi connectivity index (χ4n) is 2.87. The van der Waals surface area contributed by atoms with Crippen LogP contribution in [0.15, 0.2) is 36.4 Å². The van der Waals surface area contributed by atoms with Gasteiger partial charge in [0.1, 0.15) is 0 Å². The third-order valence-electron chi connectivity index (χ3n) is 4.13. The van der Waals surface area contributed by atoms with E-state index in [-0.39, 0.29) is 5.56 Å². The van der Waals surface area contributed by atoms with E-state index in [9.17, 15) is 9.90 Å². The molecule has 0 aliphatic carbocycles. The van der Waals surface area contributed by atoms with E-state index in [1.807, 2.05) is 12.1 Å². The van der Waals surface area contributed by atoms with Crippen molar-refractivity contribution in [3.05, 3.63) is 47.5 Å². The Hall–Kier alpha value is -2.93. The summed E-state index contributed by atoms with van der Waals surface area (Å²) in [6, 6.07) is 9.96. The van der Waals surface area contributed by atoms with Gasteiger partial charge in [-0.3, -0.25) is 0 Å². The van der Waals surface area contributed by atoms with Crippen LogP contribution in [0.1, 0.15) is 22.0 Å². The van der Waals surface area contributed by atoms with Crippen molar-refractivity contribution in [1.82, 2.24) is 0 Å². The molecular formula is C19H20O7. The molecule has 7 heteroatoms. The van der Waals surface area contributed by atoms with Crippen LogP contribution < -0.4 is 18.9 Å². The van der Waals surface area contributed by atoms with Gasteiger partial charge in [0, 0.05) is 12.7 Å². The number of carboxylic acids is 1. The zero-order valence-corrected chi connectivity index (χ0v) is 14.7. The average molecular weight is 360 g/mol. The number of benzene rings is 2. The molecule has 1 aliphatic rings. The van der Waals surface area contributed by atoms with Gasteiger partial charge in [-0.05, 0) is 30.3 Å². The van der Waals surface area contributed by atoms with Gasteiger partial charge in [-0.2, -0.15) is 0 Å². The molecular weight excluding hydrogens is 340 g/mol. The molecule has 0 bridgehead atoms. The number of hydrogen-bond donors (Lipinski definition) is 1. The zero-order valence-electron chi connectivity index (χ0n) is 14.7. The summed E-state index contributed by atoms with van der Waals surface area (Å²) in [5.74, 6) is 0.989. The minimum absolute atomic E-state index is 0.128. The Morgan fingerprint density at radius 3 is 2.42 bits per heavy atom. The molecule has 2 atom stereocenters. The normalized spacial score (nSPS) is 18.3. The SMILES string of the molecule is COC[C@@H]1Oc2ccc(C(=O)O)cc2O[C@H]1c1ccc(OC)c(OC)c1. The summed E-state index contributed by atoms with van der Waals surface area (Å²) in [6.45, 7) is 0.305. The van der Waals surface area contributed by atoms with Crippen LogP contribution in [0.5, 0.6) is 23.0 Å². The van der Waals surface area contributed by atoms with Gasteiger partial charge in [-0.1, -0.05) is 6.07 Å². The van der Waals surface area contributed by atoms with E-state index in [0.717, 1.165) is 5.56 Å². The van der Waals surface area contributed by atoms with E-state index < -0.39 is 18.2 Å². The minimum Gasteiger partial charge on any atom is -0.493 e. The van der Waals surface area contributed by atoms with Crippen LogP contribution in [0.25, 0.3) is 0 Å². The molecule has 1 heterocycles. The lowest BCUT2D eigenvalue weighted by Crippen LogP contribution is -2.36. The van der Waals surface area contributed by atoms with Crippen molar-refractivity contribution in [2.24, 2.45) is 0 Å². The van der Waals surface area contributed by atoms with Crippen LogP contribution in [0.4, 0.5) is 0 Å². The summed E-state index contributed by atoms with van der Waals surface area (Å²) in [7, 11) is 4.70. The van der Waals surface area contributed by atoms with Crippen molar-refractivity contribution in [2.75, 3.05) is 27.9 Å². The first kappa shape index (κ1) is 17.9. The maximum absolute atomic E-state index is 11.2. The summed E-state index contributed by atoms with van der Waals surface area (Å²) in [4.78, 5) is 11.2. The van der Waals surface area contributed by atoms with Crippen molar-refractivity contribution in [2.45, 2.75) is 12.2 Å². The third kappa shape index (κ3) is 3.39. The molecule has 7 nitrogen and oxygen atoms in total. The van der Waals surface area contributed by atoms with Crippen LogP contribution >= 0.6 is 0 Å². The third-order valence-corrected chi connectivity index (χ3v) is 4.13. The molecule has 0 saturated carbocycles. The van der Waals surface area contributed by atoms with Crippen LogP contribution in [-0.4, -0.2) is 45.1 Å². The largest absolute Gasteiger partial charge is 0.493 e. The lowest BCUT2D eigenvalue weighted by molar-refractivity contribution is -0.0240. The number of carboxylic acid groups (broad SMARTS) is 1. The lowest BCUT2D eigenvalue weighted by atomic mass is 10.0. The standard InChI is InChI=1S/C19H20O7/c1-22-10-17-18(11-4-6-13(23-2)15(8-11)24-3)26-16-9-12(19(20)21)5-7-14(16)25-17/h4-9,17-18H,10H2,1-3H3,(H,20,21)/t17-,18-/m0/s1. The molecule has 138 valence electrons. The summed E-state index contributed by atoms with van der Waals surface area (Å²) in [5, 5.41) is 9.18. The fraction of sp³-hybridized carbons (Fsp3) is 0.316. The van der Waals surface area contributed by atoms with E-state index >= 15 is 0 Å². The molecule has 1 aliphatic heterocycles. The molecule has 0 saturated heterocycles. The number of carbonyl (C=O) groups is 1. The molecule has 0 aromatic heterocycles. The smallest absolute Gasteiger partial charge is 0.335 e. The highest BCUT2D eigenvalue weighted by atomic mass is 16.6. The lowest BCUT2D eigenvalue weighted by Gasteiger charge is -2.34. The number of ether oxygens (including phenoxy) is 5. The van der Waals surface area contributed by atoms with Gasteiger partial charge in [0.05, 0.1) is 26.4 Å². The average Bonchev–Trinajstić information content (AvgIpc) is 2.66. The fourth-order valence-corrected chi connectivity index (χ4v) is 2.87. The highest BCUT2D eigenvalue weighted by Crippen LogP contribution is 2.41. The van der Waals surface area contributed by atoms with Crippen molar-refractivity contribution in [3.8, 4) is 23.0 Å². The minimum atomic E-state index is -1.03. The van der Waals surface area contributed by atoms with Crippen molar-refractivity contribution in [1.29, 1.82) is 0 Å². The van der Waals surface area contributed by atoms with Crippen molar-refractivity contribution >= 4 is 5.97 Å². The number of methoxy groups -OCH3 is 3. The number of fused-ring (bicyclic) bond motifs is 1. The summed E-state index contributed by atoms with van der Waals surface area (Å²) in [5.41, 5.74) is 0.930. The summed E-state index contributed by atoms with van der Waals surface area (Å²) >= 11 is 0. The first-order valence-electron chi connectivity index (χ1n) is 7.99. The van der Waals surface area contributed by atoms with Crippen molar-refractivity contribution in [3.63, 3.8) is 0 Å². The van der Waals surface area contributed by atoms with Crippen LogP contribution in [-0.2, 0) is 4.74 Å². The van der Waals surface area contributed by atoms with Gasteiger partial charge >= 0.3 is 5.97 Å². The second-order valence-electron chi connectivity index (χ2n) is 5.73. The van der Waals surface area contributed by atoms with E-state index in [0.29, 0.717) is 29.6 Å².